The number of anilines is 2. The number of aryl methyl sites for hydroxylation is 2. The van der Waals surface area contributed by atoms with Gasteiger partial charge in [0.2, 0.25) is 35.4 Å². The largest absolute Gasteiger partial charge is 0.481 e. The number of nitrogen functional groups attached to an aromatic ring is 1. The quantitative estimate of drug-likeness (QED) is 0.161. The van der Waals surface area contributed by atoms with Crippen LogP contribution in [0.2, 0.25) is 10.3 Å². The van der Waals surface area contributed by atoms with Crippen LogP contribution in [0.25, 0.3) is 0 Å². The normalized spacial score (nSPS) is 15.5. The number of hydrogen-bond donors (Lipinski definition) is 4. The Kier molecular flexibility index (Phi) is 16.7. The number of amides is 3. The minimum Gasteiger partial charge on any atom is -0.481 e. The summed E-state index contributed by atoms with van der Waals surface area (Å²) in [7, 11) is 0.604. The van der Waals surface area contributed by atoms with E-state index in [4.69, 9.17) is 67.0 Å². The Morgan fingerprint density at radius 1 is 0.703 bits per heavy atom. The summed E-state index contributed by atoms with van der Waals surface area (Å²) in [6.07, 6.45) is -1.91. The number of methoxy groups -OCH3 is 5. The number of carbonyl (C=O) groups excluding carboxylic acids is 2. The van der Waals surface area contributed by atoms with Crippen LogP contribution >= 0.6 is 23.2 Å². The number of nitrogens with zero attached hydrogens (tertiary/aromatic N) is 10. The molecule has 5 N–H and O–H groups in total. The van der Waals surface area contributed by atoms with Gasteiger partial charge in [0.05, 0.1) is 47.7 Å². The fourth-order valence-electron chi connectivity index (χ4n) is 4.83. The lowest BCUT2D eigenvalue weighted by molar-refractivity contribution is 0.0194. The van der Waals surface area contributed by atoms with Gasteiger partial charge in [-0.1, -0.05) is 23.2 Å². The highest BCUT2D eigenvalue weighted by atomic mass is 35.5. The molecule has 0 spiro atoms. The third-order valence-corrected chi connectivity index (χ3v) is 10.8. The number of oxime groups is 2. The van der Waals surface area contributed by atoms with E-state index in [0.717, 1.165) is 16.5 Å². The Bertz CT molecular complexity index is 2580. The van der Waals surface area contributed by atoms with Crippen LogP contribution in [0.3, 0.4) is 0 Å². The molecule has 2 unspecified atom stereocenters. The van der Waals surface area contributed by atoms with Gasteiger partial charge in [0, 0.05) is 14.1 Å². The molecule has 6 heterocycles. The zero-order chi connectivity index (χ0) is 47.5. The Morgan fingerprint density at radius 2 is 1.09 bits per heavy atom. The predicted molar refractivity (Wildman–Crippen MR) is 219 cm³/mol. The molecule has 0 radical (unpaired) electrons. The summed E-state index contributed by atoms with van der Waals surface area (Å²) in [4.78, 5) is 48.8. The molecule has 0 saturated carbocycles. The number of nitrogens with two attached hydrogens (primary N) is 1. The lowest BCUT2D eigenvalue weighted by atomic mass is 10.3. The van der Waals surface area contributed by atoms with Gasteiger partial charge in [0.15, 0.2) is 33.6 Å². The van der Waals surface area contributed by atoms with Gasteiger partial charge in [-0.25, -0.2) is 19.0 Å². The van der Waals surface area contributed by atoms with Gasteiger partial charge in [-0.05, 0) is 24.2 Å². The number of halogens is 2. The molecule has 0 aliphatic carbocycles. The van der Waals surface area contributed by atoms with E-state index in [1.54, 1.807) is 24.6 Å². The monoisotopic (exact) mass is 982 g/mol. The molecule has 0 fully saturated rings. The molecule has 2 aliphatic rings. The molecule has 64 heavy (non-hydrogen) atoms. The standard InChI is InChI=1S/C15H18ClN7O7S.C10H13ClN4O6S.C6H9N3O2/c1-7-6-29-21-12(30-7)10-11(16)20-23(2)13(10)31(25,26)22-15(24)19-14-17-8(27-3)5-9(18-14)28-4;1-5-4-20-13-8(21-5)6-7(11)12-15(2)9(6)22(17,18)14-10(16)19-3;1-10-4-3-5(11-2)9-6(7)8-4/h5,7H,6H2,1-4H3,(H2,17,18,19,22,24);5H,4H2,1-3H3,(H,14,16);3H,1-2H3,(H2,7,8,9). The number of sulfonamides is 2. The third-order valence-electron chi connectivity index (χ3n) is 7.45. The first kappa shape index (κ1) is 49.8. The fraction of sp³-hybridized carbons (Fsp3) is 0.419. The topological polar surface area (TPSA) is 360 Å². The van der Waals surface area contributed by atoms with Crippen molar-refractivity contribution in [3.05, 3.63) is 33.6 Å². The molecule has 3 amide bonds. The smallest absolute Gasteiger partial charge is 0.420 e. The molecule has 29 nitrogen and oxygen atoms in total. The number of ether oxygens (including phenoxy) is 7. The van der Waals surface area contributed by atoms with E-state index in [1.807, 2.05) is 4.72 Å². The summed E-state index contributed by atoms with van der Waals surface area (Å²) in [6.45, 7) is 3.79. The van der Waals surface area contributed by atoms with Crippen molar-refractivity contribution in [3.63, 3.8) is 0 Å². The molecule has 2 aliphatic heterocycles. The highest BCUT2D eigenvalue weighted by Gasteiger charge is 2.36. The second kappa shape index (κ2) is 21.5. The Labute approximate surface area is 373 Å². The van der Waals surface area contributed by atoms with Crippen molar-refractivity contribution < 1.29 is 69.3 Å². The van der Waals surface area contributed by atoms with Crippen LogP contribution < -0.4 is 39.4 Å². The van der Waals surface area contributed by atoms with E-state index in [2.05, 4.69) is 50.5 Å². The summed E-state index contributed by atoms with van der Waals surface area (Å²) >= 11 is 12.0. The van der Waals surface area contributed by atoms with E-state index in [0.29, 0.717) is 11.8 Å². The van der Waals surface area contributed by atoms with Crippen LogP contribution in [-0.4, -0.2) is 141 Å². The van der Waals surface area contributed by atoms with E-state index in [1.165, 1.54) is 48.6 Å². The maximum Gasteiger partial charge on any atom is 0.420 e. The minimum atomic E-state index is -4.50. The molecule has 2 atom stereocenters. The Morgan fingerprint density at radius 3 is 1.47 bits per heavy atom. The second-order valence-electron chi connectivity index (χ2n) is 12.2. The van der Waals surface area contributed by atoms with Gasteiger partial charge < -0.3 is 48.6 Å². The number of carbonyl (C=O) groups is 2. The molecule has 0 bridgehead atoms. The van der Waals surface area contributed by atoms with Crippen molar-refractivity contribution in [1.29, 1.82) is 0 Å². The zero-order valence-electron chi connectivity index (χ0n) is 35.0. The molecular weight excluding hydrogens is 943 g/mol. The van der Waals surface area contributed by atoms with Crippen molar-refractivity contribution in [3.8, 4) is 23.5 Å². The van der Waals surface area contributed by atoms with Crippen LogP contribution in [0.1, 0.15) is 25.0 Å². The van der Waals surface area contributed by atoms with E-state index < -0.39 is 48.3 Å². The minimum absolute atomic E-state index is 0.0901. The Balaban J connectivity index is 0.000000235. The molecular formula is C31H40Cl2N14O15S2. The van der Waals surface area contributed by atoms with Gasteiger partial charge in [-0.2, -0.15) is 47.0 Å². The van der Waals surface area contributed by atoms with Gasteiger partial charge in [-0.3, -0.25) is 14.7 Å². The van der Waals surface area contributed by atoms with Gasteiger partial charge >= 0.3 is 12.1 Å². The van der Waals surface area contributed by atoms with Crippen LogP contribution in [-0.2, 0) is 58.0 Å². The second-order valence-corrected chi connectivity index (χ2v) is 16.1. The number of aromatic nitrogens is 8. The van der Waals surface area contributed by atoms with Crippen LogP contribution in [0, 0.1) is 0 Å². The highest BCUT2D eigenvalue weighted by Crippen LogP contribution is 2.28. The van der Waals surface area contributed by atoms with E-state index in [-0.39, 0.29) is 76.2 Å². The molecule has 4 aromatic rings. The summed E-state index contributed by atoms with van der Waals surface area (Å²) in [5.74, 6) is 0.541. The molecule has 33 heteroatoms. The molecule has 4 aromatic heterocycles. The average Bonchev–Trinajstić information content (AvgIpc) is 3.73. The maximum absolute atomic E-state index is 12.9. The van der Waals surface area contributed by atoms with E-state index in [9.17, 15) is 26.4 Å². The molecule has 0 aromatic carbocycles. The summed E-state index contributed by atoms with van der Waals surface area (Å²) in [6, 6.07) is 1.77. The van der Waals surface area contributed by atoms with Crippen molar-refractivity contribution in [2.75, 3.05) is 59.8 Å². The zero-order valence-corrected chi connectivity index (χ0v) is 38.1. The third kappa shape index (κ3) is 12.6. The van der Waals surface area contributed by atoms with Gasteiger partial charge in [0.1, 0.15) is 23.3 Å². The maximum atomic E-state index is 12.9. The Hall–Kier alpha value is -6.86. The summed E-state index contributed by atoms with van der Waals surface area (Å²) in [5.41, 5.74) is 5.07. The number of hydrogen-bond acceptors (Lipinski definition) is 24. The predicted octanol–water partition coefficient (Wildman–Crippen LogP) is 0.779. The highest BCUT2D eigenvalue weighted by molar-refractivity contribution is 7.90. The lowest BCUT2D eigenvalue weighted by Gasteiger charge is -2.20. The van der Waals surface area contributed by atoms with Crippen molar-refractivity contribution in [2.24, 2.45) is 24.4 Å². The van der Waals surface area contributed by atoms with Crippen molar-refractivity contribution in [2.45, 2.75) is 36.1 Å². The van der Waals surface area contributed by atoms with Gasteiger partial charge in [0.25, 0.3) is 31.8 Å². The van der Waals surface area contributed by atoms with Gasteiger partial charge in [-0.15, -0.1) is 0 Å². The molecule has 6 rings (SSSR count). The van der Waals surface area contributed by atoms with Crippen molar-refractivity contribution in [1.82, 2.24) is 48.9 Å². The number of urea groups is 1. The fourth-order valence-corrected chi connectivity index (χ4v) is 7.98. The molecule has 350 valence electrons. The first-order valence-corrected chi connectivity index (χ1v) is 21.2. The number of rotatable bonds is 11. The van der Waals surface area contributed by atoms with Crippen molar-refractivity contribution >= 4 is 79.1 Å². The average molecular weight is 984 g/mol. The SMILES string of the molecule is COC(=O)NS(=O)(=O)c1c(C2=NOCC(C)O2)c(Cl)nn1C.COc1cc(OC)nc(N)n1.COc1cc(OC)nc(NC(=O)NS(=O)(=O)c2c(C3=NOCC(C)O3)c(Cl)nn2C)n1. The number of nitrogens with one attached hydrogen (secondary N) is 3. The first-order valence-electron chi connectivity index (χ1n) is 17.5. The summed E-state index contributed by atoms with van der Waals surface area (Å²) in [5, 5.41) is 16.0. The lowest BCUT2D eigenvalue weighted by Crippen LogP contribution is -2.37. The van der Waals surface area contributed by atoms with Crippen LogP contribution in [0.4, 0.5) is 21.5 Å². The first-order chi connectivity index (χ1) is 30.2. The van der Waals surface area contributed by atoms with Crippen LogP contribution in [0.15, 0.2) is 32.5 Å². The molecule has 0 saturated heterocycles. The summed E-state index contributed by atoms with van der Waals surface area (Å²) < 4.78 is 90.7. The van der Waals surface area contributed by atoms with Crippen LogP contribution in [0.5, 0.6) is 23.5 Å². The van der Waals surface area contributed by atoms with E-state index >= 15 is 0 Å².